The lowest BCUT2D eigenvalue weighted by atomic mass is 9.66. The van der Waals surface area contributed by atoms with E-state index < -0.39 is 17.5 Å². The highest BCUT2D eigenvalue weighted by Gasteiger charge is 2.49. The van der Waals surface area contributed by atoms with E-state index in [1.54, 1.807) is 0 Å². The van der Waals surface area contributed by atoms with Gasteiger partial charge in [-0.15, -0.1) is 6.58 Å². The molecule has 0 amide bonds. The van der Waals surface area contributed by atoms with Crippen molar-refractivity contribution in [3.8, 4) is 0 Å². The normalized spacial score (nSPS) is 40.1. The molecule has 0 aromatic carbocycles. The van der Waals surface area contributed by atoms with Gasteiger partial charge in [0.05, 0.1) is 24.9 Å². The second-order valence-electron chi connectivity index (χ2n) is 6.02. The van der Waals surface area contributed by atoms with Crippen LogP contribution in [0.15, 0.2) is 12.7 Å². The quantitative estimate of drug-likeness (QED) is 0.679. The second kappa shape index (κ2) is 4.05. The Kier molecular flexibility index (Phi) is 3.11. The summed E-state index contributed by atoms with van der Waals surface area (Å²) in [6, 6.07) is 0. The van der Waals surface area contributed by atoms with E-state index in [0.717, 1.165) is 0 Å². The molecule has 0 aromatic heterocycles. The molecule has 2 unspecified atom stereocenters. The highest BCUT2D eigenvalue weighted by atomic mass is 16.7. The zero-order valence-corrected chi connectivity index (χ0v) is 10.6. The van der Waals surface area contributed by atoms with E-state index in [0.29, 0.717) is 32.5 Å². The van der Waals surface area contributed by atoms with E-state index in [1.165, 1.54) is 6.08 Å². The molecule has 0 radical (unpaired) electrons. The van der Waals surface area contributed by atoms with Crippen molar-refractivity contribution >= 4 is 0 Å². The van der Waals surface area contributed by atoms with Gasteiger partial charge >= 0.3 is 0 Å². The van der Waals surface area contributed by atoms with Gasteiger partial charge in [0.1, 0.15) is 0 Å². The van der Waals surface area contributed by atoms with Crippen LogP contribution in [0.5, 0.6) is 0 Å². The fraction of sp³-hybridized carbons (Fsp3) is 0.846. The molecule has 1 aliphatic heterocycles. The van der Waals surface area contributed by atoms with Gasteiger partial charge in [-0.25, -0.2) is 0 Å². The summed E-state index contributed by atoms with van der Waals surface area (Å²) in [5.74, 6) is -0.569. The average Bonchev–Trinajstić information content (AvgIpc) is 2.22. The molecule has 2 atom stereocenters. The molecule has 2 rings (SSSR count). The van der Waals surface area contributed by atoms with Crippen molar-refractivity contribution in [3.63, 3.8) is 0 Å². The van der Waals surface area contributed by atoms with Crippen LogP contribution in [-0.4, -0.2) is 40.9 Å². The third-order valence-electron chi connectivity index (χ3n) is 3.77. The van der Waals surface area contributed by atoms with Gasteiger partial charge < -0.3 is 19.7 Å². The van der Waals surface area contributed by atoms with Gasteiger partial charge in [0.15, 0.2) is 5.79 Å². The Morgan fingerprint density at radius 3 is 2.35 bits per heavy atom. The summed E-state index contributed by atoms with van der Waals surface area (Å²) in [5.41, 5.74) is -1.30. The van der Waals surface area contributed by atoms with Gasteiger partial charge in [0, 0.05) is 11.8 Å². The van der Waals surface area contributed by atoms with E-state index in [1.807, 2.05) is 13.8 Å². The summed E-state index contributed by atoms with van der Waals surface area (Å²) in [5, 5.41) is 20.2. The van der Waals surface area contributed by atoms with Gasteiger partial charge in [0.2, 0.25) is 0 Å². The number of hydrogen-bond donors (Lipinski definition) is 2. The van der Waals surface area contributed by atoms with Gasteiger partial charge in [-0.1, -0.05) is 6.08 Å². The molecular weight excluding hydrogens is 220 g/mol. The topological polar surface area (TPSA) is 58.9 Å². The van der Waals surface area contributed by atoms with Gasteiger partial charge in [-0.3, -0.25) is 0 Å². The van der Waals surface area contributed by atoms with Crippen molar-refractivity contribution in [2.75, 3.05) is 13.2 Å². The van der Waals surface area contributed by atoms with Crippen LogP contribution in [0, 0.1) is 5.41 Å². The second-order valence-corrected chi connectivity index (χ2v) is 6.02. The fourth-order valence-electron chi connectivity index (χ4n) is 2.89. The first-order chi connectivity index (χ1) is 7.78. The van der Waals surface area contributed by atoms with Crippen molar-refractivity contribution in [1.29, 1.82) is 0 Å². The largest absolute Gasteiger partial charge is 0.393 e. The van der Waals surface area contributed by atoms with Crippen LogP contribution in [0.25, 0.3) is 0 Å². The van der Waals surface area contributed by atoms with Crippen LogP contribution < -0.4 is 0 Å². The Hall–Kier alpha value is -0.420. The smallest absolute Gasteiger partial charge is 0.162 e. The Bertz CT molecular complexity index is 303. The molecule has 4 heteroatoms. The van der Waals surface area contributed by atoms with Gasteiger partial charge in [-0.05, 0) is 26.7 Å². The minimum Gasteiger partial charge on any atom is -0.393 e. The van der Waals surface area contributed by atoms with Gasteiger partial charge in [0.25, 0.3) is 0 Å². The molecule has 1 saturated carbocycles. The fourth-order valence-corrected chi connectivity index (χ4v) is 2.89. The first-order valence-corrected chi connectivity index (χ1v) is 6.10. The van der Waals surface area contributed by atoms with Crippen LogP contribution >= 0.6 is 0 Å². The van der Waals surface area contributed by atoms with Crippen molar-refractivity contribution in [3.05, 3.63) is 12.7 Å². The van der Waals surface area contributed by atoms with Gasteiger partial charge in [-0.2, -0.15) is 0 Å². The molecule has 0 bridgehead atoms. The maximum absolute atomic E-state index is 10.3. The lowest BCUT2D eigenvalue weighted by Gasteiger charge is -2.50. The van der Waals surface area contributed by atoms with E-state index in [4.69, 9.17) is 9.47 Å². The summed E-state index contributed by atoms with van der Waals surface area (Å²) >= 11 is 0. The summed E-state index contributed by atoms with van der Waals surface area (Å²) < 4.78 is 11.3. The zero-order valence-electron chi connectivity index (χ0n) is 10.6. The SMILES string of the molecule is C=CC1(O)CC(O)CC2(COC(C)(C)OC2)C1. The first-order valence-electron chi connectivity index (χ1n) is 6.10. The predicted molar refractivity (Wildman–Crippen MR) is 63.4 cm³/mol. The summed E-state index contributed by atoms with van der Waals surface area (Å²) in [4.78, 5) is 0. The van der Waals surface area contributed by atoms with Crippen LogP contribution in [-0.2, 0) is 9.47 Å². The Morgan fingerprint density at radius 2 is 1.82 bits per heavy atom. The molecule has 98 valence electrons. The number of ether oxygens (including phenoxy) is 2. The Morgan fingerprint density at radius 1 is 1.24 bits per heavy atom. The van der Waals surface area contributed by atoms with Crippen molar-refractivity contribution < 1.29 is 19.7 Å². The highest BCUT2D eigenvalue weighted by Crippen LogP contribution is 2.45. The Labute approximate surface area is 102 Å². The molecule has 1 heterocycles. The van der Waals surface area contributed by atoms with Crippen LogP contribution in [0.1, 0.15) is 33.1 Å². The predicted octanol–water partition coefficient (Wildman–Crippen LogP) is 1.22. The molecule has 4 nitrogen and oxygen atoms in total. The lowest BCUT2D eigenvalue weighted by Crippen LogP contribution is -2.55. The van der Waals surface area contributed by atoms with Crippen molar-refractivity contribution in [2.45, 2.75) is 50.6 Å². The monoisotopic (exact) mass is 242 g/mol. The van der Waals surface area contributed by atoms with E-state index in [-0.39, 0.29) is 5.41 Å². The maximum Gasteiger partial charge on any atom is 0.162 e. The molecule has 1 spiro atoms. The van der Waals surface area contributed by atoms with Crippen LogP contribution in [0.3, 0.4) is 0 Å². The molecule has 0 aromatic rings. The standard InChI is InChI=1S/C13H22O4/c1-4-13(15)6-10(14)5-12(7-13)8-16-11(2,3)17-9-12/h4,10,14-15H,1,5-9H2,2-3H3. The summed E-state index contributed by atoms with van der Waals surface area (Å²) in [7, 11) is 0. The number of hydrogen-bond acceptors (Lipinski definition) is 4. The molecule has 17 heavy (non-hydrogen) atoms. The molecule has 2 fully saturated rings. The van der Waals surface area contributed by atoms with Crippen molar-refractivity contribution in [1.82, 2.24) is 0 Å². The highest BCUT2D eigenvalue weighted by molar-refractivity contribution is 5.07. The number of rotatable bonds is 1. The van der Waals surface area contributed by atoms with E-state index in [2.05, 4.69) is 6.58 Å². The van der Waals surface area contributed by atoms with E-state index >= 15 is 0 Å². The molecule has 1 aliphatic carbocycles. The van der Waals surface area contributed by atoms with E-state index in [9.17, 15) is 10.2 Å². The first kappa shape index (κ1) is 13.0. The van der Waals surface area contributed by atoms with Crippen LogP contribution in [0.4, 0.5) is 0 Å². The molecule has 2 N–H and O–H groups in total. The minimum atomic E-state index is -1.01. The number of aliphatic hydroxyl groups excluding tert-OH is 1. The summed E-state index contributed by atoms with van der Waals surface area (Å²) in [6.45, 7) is 8.42. The maximum atomic E-state index is 10.3. The number of aliphatic hydroxyl groups is 2. The third kappa shape index (κ3) is 2.71. The average molecular weight is 242 g/mol. The lowest BCUT2D eigenvalue weighted by molar-refractivity contribution is -0.300. The third-order valence-corrected chi connectivity index (χ3v) is 3.77. The minimum absolute atomic E-state index is 0.296. The Balaban J connectivity index is 2.13. The molecule has 2 aliphatic rings. The van der Waals surface area contributed by atoms with Crippen LogP contribution in [0.2, 0.25) is 0 Å². The zero-order chi connectivity index (χ0) is 12.7. The molecule has 1 saturated heterocycles. The molecular formula is C13H22O4. The van der Waals surface area contributed by atoms with Crippen molar-refractivity contribution in [2.24, 2.45) is 5.41 Å². The summed E-state index contributed by atoms with van der Waals surface area (Å²) in [6.07, 6.45) is 2.49.